The molecule has 1 aliphatic heterocycles. The molecule has 1 aliphatic carbocycles. The van der Waals surface area contributed by atoms with E-state index in [4.69, 9.17) is 4.84 Å². The molecule has 9 nitrogen and oxygen atoms in total. The first-order valence-electron chi connectivity index (χ1n) is 10.2. The van der Waals surface area contributed by atoms with Gasteiger partial charge in [-0.1, -0.05) is 24.3 Å². The average molecular weight is 443 g/mol. The largest absolute Gasteiger partial charge is 0.508 e. The molecule has 0 spiro atoms. The molecule has 3 aromatic carbocycles. The molecule has 0 bridgehead atoms. The van der Waals surface area contributed by atoms with Gasteiger partial charge in [-0.2, -0.15) is 5.10 Å². The molecule has 1 heterocycles. The first-order chi connectivity index (χ1) is 16.0. The van der Waals surface area contributed by atoms with Crippen LogP contribution >= 0.6 is 0 Å². The zero-order valence-electron chi connectivity index (χ0n) is 17.2. The predicted octanol–water partition coefficient (Wildman–Crippen LogP) is 1.87. The number of hydroxylamine groups is 2. The van der Waals surface area contributed by atoms with E-state index in [9.17, 15) is 24.3 Å². The van der Waals surface area contributed by atoms with E-state index in [0.29, 0.717) is 5.06 Å². The summed E-state index contributed by atoms with van der Waals surface area (Å²) in [4.78, 5) is 56.3. The van der Waals surface area contributed by atoms with Gasteiger partial charge in [-0.25, -0.2) is 0 Å². The van der Waals surface area contributed by atoms with Crippen LogP contribution in [-0.4, -0.2) is 28.6 Å². The first kappa shape index (κ1) is 20.5. The molecule has 9 heteroatoms. The van der Waals surface area contributed by atoms with Gasteiger partial charge in [-0.05, 0) is 48.7 Å². The second kappa shape index (κ2) is 7.95. The van der Waals surface area contributed by atoms with Gasteiger partial charge in [0.1, 0.15) is 5.75 Å². The Labute approximate surface area is 186 Å². The van der Waals surface area contributed by atoms with Crippen molar-refractivity contribution < 1.29 is 19.5 Å². The van der Waals surface area contributed by atoms with Gasteiger partial charge in [0.05, 0.1) is 23.4 Å². The van der Waals surface area contributed by atoms with Crippen LogP contribution in [0, 0.1) is 0 Å². The summed E-state index contributed by atoms with van der Waals surface area (Å²) in [5.74, 6) is -1.41. The Morgan fingerprint density at radius 2 is 1.85 bits per heavy atom. The van der Waals surface area contributed by atoms with Crippen molar-refractivity contribution in [1.29, 1.82) is 0 Å². The van der Waals surface area contributed by atoms with E-state index in [-0.39, 0.29) is 45.3 Å². The van der Waals surface area contributed by atoms with Gasteiger partial charge in [0, 0.05) is 10.8 Å². The van der Waals surface area contributed by atoms with Crippen LogP contribution in [0.25, 0.3) is 10.8 Å². The molecule has 0 unspecified atom stereocenters. The highest BCUT2D eigenvalue weighted by Gasteiger charge is 2.39. The van der Waals surface area contributed by atoms with Crippen LogP contribution in [0.2, 0.25) is 0 Å². The van der Waals surface area contributed by atoms with Crippen molar-refractivity contribution in [2.75, 3.05) is 12.0 Å². The smallest absolute Gasteiger partial charge is 0.288 e. The Balaban J connectivity index is 1.46. The molecule has 0 aromatic heterocycles. The van der Waals surface area contributed by atoms with Crippen molar-refractivity contribution in [3.05, 3.63) is 97.1 Å². The second-order valence-corrected chi connectivity index (χ2v) is 7.66. The number of nitrogens with one attached hydrogen (secondary N) is 1. The minimum Gasteiger partial charge on any atom is -0.508 e. The molecule has 33 heavy (non-hydrogen) atoms. The van der Waals surface area contributed by atoms with Crippen LogP contribution in [0.5, 0.6) is 5.75 Å². The van der Waals surface area contributed by atoms with Crippen LogP contribution < -0.4 is 21.6 Å². The summed E-state index contributed by atoms with van der Waals surface area (Å²) in [5, 5.41) is 14.0. The number of benzene rings is 2. The van der Waals surface area contributed by atoms with Crippen LogP contribution in [-0.2, 0) is 4.84 Å². The van der Waals surface area contributed by atoms with Crippen LogP contribution in [0.4, 0.5) is 5.69 Å². The Kier molecular flexibility index (Phi) is 4.95. The topological polar surface area (TPSA) is 125 Å². The summed E-state index contributed by atoms with van der Waals surface area (Å²) in [5.41, 5.74) is 2.62. The number of nitrogens with zero attached hydrogens (tertiary/aromatic N) is 2. The van der Waals surface area contributed by atoms with Gasteiger partial charge in [0.15, 0.2) is 5.36 Å². The summed E-state index contributed by atoms with van der Waals surface area (Å²) in [6.45, 7) is 0.106. The van der Waals surface area contributed by atoms with Gasteiger partial charge >= 0.3 is 0 Å². The highest BCUT2D eigenvalue weighted by atomic mass is 16.7. The van der Waals surface area contributed by atoms with Gasteiger partial charge in [0.2, 0.25) is 10.9 Å². The van der Waals surface area contributed by atoms with Gasteiger partial charge < -0.3 is 5.11 Å². The van der Waals surface area contributed by atoms with E-state index in [1.54, 1.807) is 6.07 Å². The molecular formula is C24H17N3O6. The number of phenols is 1. The van der Waals surface area contributed by atoms with E-state index < -0.39 is 22.7 Å². The maximum atomic E-state index is 12.9. The second-order valence-electron chi connectivity index (χ2n) is 7.66. The quantitative estimate of drug-likeness (QED) is 0.456. The van der Waals surface area contributed by atoms with Crippen LogP contribution in [0.3, 0.4) is 0 Å². The lowest BCUT2D eigenvalue weighted by molar-refractivity contribution is -0.0829. The van der Waals surface area contributed by atoms with E-state index in [0.717, 1.165) is 18.4 Å². The number of hydrogen-bond donors (Lipinski definition) is 2. The summed E-state index contributed by atoms with van der Waals surface area (Å²) >= 11 is 0. The number of imide groups is 1. The van der Waals surface area contributed by atoms with Crippen molar-refractivity contribution in [3.63, 3.8) is 0 Å². The number of carbonyl (C=O) groups excluding carboxylic acids is 2. The molecule has 5 rings (SSSR count). The normalized spacial score (nSPS) is 15.9. The monoisotopic (exact) mass is 443 g/mol. The summed E-state index contributed by atoms with van der Waals surface area (Å²) < 4.78 is 0. The van der Waals surface area contributed by atoms with Crippen molar-refractivity contribution >= 4 is 28.3 Å². The van der Waals surface area contributed by atoms with Gasteiger partial charge in [-0.15, -0.1) is 5.06 Å². The Morgan fingerprint density at radius 1 is 1.03 bits per heavy atom. The molecule has 0 atom stereocenters. The predicted molar refractivity (Wildman–Crippen MR) is 119 cm³/mol. The van der Waals surface area contributed by atoms with Crippen molar-refractivity contribution in [2.24, 2.45) is 5.10 Å². The average Bonchev–Trinajstić information content (AvgIpc) is 3.21. The number of anilines is 1. The van der Waals surface area contributed by atoms with E-state index >= 15 is 0 Å². The lowest BCUT2D eigenvalue weighted by Crippen LogP contribution is -2.33. The van der Waals surface area contributed by atoms with Crippen molar-refractivity contribution in [3.8, 4) is 5.75 Å². The molecule has 0 saturated carbocycles. The Morgan fingerprint density at radius 3 is 2.64 bits per heavy atom. The molecule has 3 aromatic rings. The third-order valence-electron chi connectivity index (χ3n) is 5.57. The molecule has 0 fully saturated rings. The fraction of sp³-hybridized carbons (Fsp3) is 0.125. The molecule has 2 N–H and O–H groups in total. The molecule has 2 aliphatic rings. The number of amides is 2. The van der Waals surface area contributed by atoms with Crippen LogP contribution in [0.15, 0.2) is 74.9 Å². The maximum absolute atomic E-state index is 12.9. The number of rotatable bonds is 5. The number of carbonyl (C=O) groups is 2. The lowest BCUT2D eigenvalue weighted by Gasteiger charge is -2.15. The van der Waals surface area contributed by atoms with Crippen LogP contribution in [0.1, 0.15) is 33.6 Å². The van der Waals surface area contributed by atoms with Crippen molar-refractivity contribution in [2.45, 2.75) is 12.8 Å². The third-order valence-corrected chi connectivity index (χ3v) is 5.57. The zero-order valence-corrected chi connectivity index (χ0v) is 17.2. The molecule has 0 saturated heterocycles. The minimum absolute atomic E-state index is 0.0393. The van der Waals surface area contributed by atoms with Gasteiger partial charge in [0.25, 0.3) is 11.8 Å². The Hall–Kier alpha value is -4.37. The number of fused-ring (bicyclic) bond motifs is 2. The maximum Gasteiger partial charge on any atom is 0.288 e. The fourth-order valence-corrected chi connectivity index (χ4v) is 3.89. The SMILES string of the molecule is O=C1c2cccc(NN=c3c(=O)c4ccc(O)cc4c3=O)c2C(=O)N1OCC1=CC=CCC1. The highest BCUT2D eigenvalue weighted by molar-refractivity contribution is 6.23. The van der Waals surface area contributed by atoms with E-state index in [1.165, 1.54) is 30.3 Å². The molecular weight excluding hydrogens is 426 g/mol. The number of phenolic OH excluding ortho intramolecular Hbond substituents is 1. The van der Waals surface area contributed by atoms with E-state index in [1.807, 2.05) is 18.2 Å². The number of aromatic hydroxyl groups is 1. The molecule has 164 valence electrons. The first-order valence-corrected chi connectivity index (χ1v) is 10.2. The highest BCUT2D eigenvalue weighted by Crippen LogP contribution is 2.30. The number of allylic oxidation sites excluding steroid dienone is 3. The molecule has 2 amide bonds. The standard InChI is InChI=1S/C24H17N3O6/c28-14-9-10-15-17(11-14)22(30)20(21(15)29)26-25-18-8-4-7-16-19(18)24(32)27(23(16)31)33-12-13-5-2-1-3-6-13/h1-2,4-5,7-11,25,28H,3,6,12H2. The lowest BCUT2D eigenvalue weighted by atomic mass is 10.1. The van der Waals surface area contributed by atoms with Gasteiger partial charge in [-0.3, -0.25) is 29.4 Å². The minimum atomic E-state index is -0.664. The van der Waals surface area contributed by atoms with Crippen molar-refractivity contribution in [1.82, 2.24) is 5.06 Å². The third kappa shape index (κ3) is 3.44. The summed E-state index contributed by atoms with van der Waals surface area (Å²) in [6, 6.07) is 8.41. The molecule has 0 radical (unpaired) electrons. The summed E-state index contributed by atoms with van der Waals surface area (Å²) in [6.07, 6.45) is 7.46. The zero-order chi connectivity index (χ0) is 23.1. The Bertz CT molecular complexity index is 1540. The summed E-state index contributed by atoms with van der Waals surface area (Å²) in [7, 11) is 0. The fourth-order valence-electron chi connectivity index (χ4n) is 3.89. The number of hydrogen-bond acceptors (Lipinski definition) is 8. The van der Waals surface area contributed by atoms with E-state index in [2.05, 4.69) is 10.5 Å².